The van der Waals surface area contributed by atoms with E-state index < -0.39 is 10.0 Å². The zero-order valence-electron chi connectivity index (χ0n) is 16.4. The van der Waals surface area contributed by atoms with Crippen molar-refractivity contribution in [3.63, 3.8) is 0 Å². The average Bonchev–Trinajstić information content (AvgIpc) is 3.16. The first-order chi connectivity index (χ1) is 13.8. The average molecular weight is 430 g/mol. The van der Waals surface area contributed by atoms with Crippen molar-refractivity contribution < 1.29 is 13.2 Å². The highest BCUT2D eigenvalue weighted by Crippen LogP contribution is 2.31. The smallest absolute Gasteiger partial charge is 0.264 e. The monoisotopic (exact) mass is 429 g/mol. The van der Waals surface area contributed by atoms with E-state index in [9.17, 15) is 13.2 Å². The van der Waals surface area contributed by atoms with Crippen LogP contribution in [-0.2, 0) is 10.0 Å². The molecule has 152 valence electrons. The first kappa shape index (κ1) is 19.7. The van der Waals surface area contributed by atoms with Gasteiger partial charge < -0.3 is 9.80 Å². The van der Waals surface area contributed by atoms with Gasteiger partial charge in [-0.3, -0.25) is 9.10 Å². The third-order valence-electron chi connectivity index (χ3n) is 5.26. The molecule has 0 N–H and O–H groups in total. The van der Waals surface area contributed by atoms with Gasteiger partial charge in [0.2, 0.25) is 10.0 Å². The van der Waals surface area contributed by atoms with Gasteiger partial charge in [-0.05, 0) is 41.8 Å². The maximum Gasteiger partial charge on any atom is 0.264 e. The van der Waals surface area contributed by atoms with E-state index in [1.165, 1.54) is 34.6 Å². The van der Waals surface area contributed by atoms with Crippen molar-refractivity contribution in [1.29, 1.82) is 0 Å². The molecular formula is C21H23N3O3S2. The molecule has 1 amide bonds. The number of fused-ring (bicyclic) bond motifs is 1. The highest BCUT2D eigenvalue weighted by molar-refractivity contribution is 7.92. The number of rotatable bonds is 4. The van der Waals surface area contributed by atoms with Gasteiger partial charge in [0.15, 0.2) is 0 Å². The summed E-state index contributed by atoms with van der Waals surface area (Å²) in [5.74, 6) is 0.0388. The van der Waals surface area contributed by atoms with Gasteiger partial charge in [-0.25, -0.2) is 8.42 Å². The summed E-state index contributed by atoms with van der Waals surface area (Å²) >= 11 is 1.45. The van der Waals surface area contributed by atoms with Gasteiger partial charge in [0.05, 0.1) is 16.8 Å². The number of piperazine rings is 1. The zero-order valence-corrected chi connectivity index (χ0v) is 18.0. The van der Waals surface area contributed by atoms with Crippen LogP contribution in [0, 0.1) is 0 Å². The lowest BCUT2D eigenvalue weighted by Crippen LogP contribution is -2.48. The summed E-state index contributed by atoms with van der Waals surface area (Å²) in [7, 11) is -1.79. The molecular weight excluding hydrogens is 406 g/mol. The van der Waals surface area contributed by atoms with Crippen molar-refractivity contribution in [2.45, 2.75) is 0 Å². The largest absolute Gasteiger partial charge is 0.368 e. The molecule has 0 unspecified atom stereocenters. The van der Waals surface area contributed by atoms with Crippen molar-refractivity contribution >= 4 is 48.7 Å². The zero-order chi connectivity index (χ0) is 20.6. The van der Waals surface area contributed by atoms with Crippen LogP contribution < -0.4 is 9.21 Å². The predicted molar refractivity (Wildman–Crippen MR) is 120 cm³/mol. The molecule has 1 fully saturated rings. The number of thiophene rings is 1. The topological polar surface area (TPSA) is 60.9 Å². The number of hydrogen-bond acceptors (Lipinski definition) is 5. The summed E-state index contributed by atoms with van der Waals surface area (Å²) in [6, 6.07) is 17.6. The van der Waals surface area contributed by atoms with Crippen LogP contribution in [0.4, 0.5) is 11.4 Å². The lowest BCUT2D eigenvalue weighted by Gasteiger charge is -2.35. The number of para-hydroxylation sites is 1. The molecule has 1 saturated heterocycles. The maximum absolute atomic E-state index is 13.0. The summed E-state index contributed by atoms with van der Waals surface area (Å²) in [6.45, 7) is 2.99. The van der Waals surface area contributed by atoms with Crippen LogP contribution in [0.15, 0.2) is 54.6 Å². The van der Waals surface area contributed by atoms with Gasteiger partial charge in [0.25, 0.3) is 5.91 Å². The molecule has 0 spiro atoms. The lowest BCUT2D eigenvalue weighted by atomic mass is 10.2. The lowest BCUT2D eigenvalue weighted by molar-refractivity contribution is 0.0751. The number of anilines is 2. The van der Waals surface area contributed by atoms with Gasteiger partial charge in [0, 0.05) is 43.6 Å². The summed E-state index contributed by atoms with van der Waals surface area (Å²) in [4.78, 5) is 17.9. The minimum Gasteiger partial charge on any atom is -0.368 e. The van der Waals surface area contributed by atoms with Crippen LogP contribution in [0.2, 0.25) is 0 Å². The van der Waals surface area contributed by atoms with E-state index in [0.717, 1.165) is 23.2 Å². The third-order valence-corrected chi connectivity index (χ3v) is 7.57. The van der Waals surface area contributed by atoms with Crippen LogP contribution in [-0.4, -0.2) is 58.7 Å². The second-order valence-electron chi connectivity index (χ2n) is 7.18. The molecule has 3 aromatic rings. The van der Waals surface area contributed by atoms with Crippen LogP contribution in [0.3, 0.4) is 0 Å². The molecule has 1 aromatic heterocycles. The Kier molecular flexibility index (Phi) is 5.23. The molecule has 0 radical (unpaired) electrons. The van der Waals surface area contributed by atoms with Gasteiger partial charge in [-0.1, -0.05) is 18.2 Å². The Morgan fingerprint density at radius 1 is 1.00 bits per heavy atom. The second kappa shape index (κ2) is 7.68. The number of nitrogens with zero attached hydrogens (tertiary/aromatic N) is 3. The number of amides is 1. The van der Waals surface area contributed by atoms with E-state index in [1.807, 2.05) is 41.3 Å². The summed E-state index contributed by atoms with van der Waals surface area (Å²) in [5.41, 5.74) is 1.78. The van der Waals surface area contributed by atoms with Crippen LogP contribution in [0.25, 0.3) is 10.1 Å². The summed E-state index contributed by atoms with van der Waals surface area (Å²) < 4.78 is 25.8. The standard InChI is InChI=1S/C21H23N3O3S2/c1-22(29(2,26)27)18-8-9-19-16(14-18)15-20(28-19)21(25)24-12-10-23(11-13-24)17-6-4-3-5-7-17/h3-9,14-15H,10-13H2,1-2H3. The van der Waals surface area contributed by atoms with Crippen molar-refractivity contribution in [2.75, 3.05) is 48.7 Å². The van der Waals surface area contributed by atoms with Gasteiger partial charge in [-0.15, -0.1) is 11.3 Å². The van der Waals surface area contributed by atoms with E-state index in [1.54, 1.807) is 6.07 Å². The van der Waals surface area contributed by atoms with Crippen LogP contribution in [0.5, 0.6) is 0 Å². The molecule has 0 saturated carbocycles. The minimum atomic E-state index is -3.32. The Labute approximate surface area is 175 Å². The fourth-order valence-corrected chi connectivity index (χ4v) is 4.99. The number of benzene rings is 2. The predicted octanol–water partition coefficient (Wildman–Crippen LogP) is 3.26. The van der Waals surface area contributed by atoms with E-state index in [0.29, 0.717) is 23.7 Å². The molecule has 8 heteroatoms. The van der Waals surface area contributed by atoms with E-state index in [-0.39, 0.29) is 5.91 Å². The molecule has 29 heavy (non-hydrogen) atoms. The van der Waals surface area contributed by atoms with E-state index >= 15 is 0 Å². The first-order valence-electron chi connectivity index (χ1n) is 9.40. The molecule has 1 aliphatic rings. The maximum atomic E-state index is 13.0. The van der Waals surface area contributed by atoms with Crippen molar-refractivity contribution in [1.82, 2.24) is 4.90 Å². The molecule has 0 bridgehead atoms. The molecule has 2 aromatic carbocycles. The highest BCUT2D eigenvalue weighted by Gasteiger charge is 2.24. The second-order valence-corrected chi connectivity index (χ2v) is 10.3. The molecule has 0 aliphatic carbocycles. The Morgan fingerprint density at radius 2 is 1.69 bits per heavy atom. The number of carbonyl (C=O) groups is 1. The summed E-state index contributed by atoms with van der Waals surface area (Å²) in [6.07, 6.45) is 1.18. The minimum absolute atomic E-state index is 0.0388. The number of carbonyl (C=O) groups excluding carboxylic acids is 1. The Morgan fingerprint density at radius 3 is 2.34 bits per heavy atom. The van der Waals surface area contributed by atoms with Crippen LogP contribution >= 0.6 is 11.3 Å². The highest BCUT2D eigenvalue weighted by atomic mass is 32.2. The molecule has 0 atom stereocenters. The van der Waals surface area contributed by atoms with Crippen molar-refractivity contribution in [2.24, 2.45) is 0 Å². The Bertz CT molecular complexity index is 1130. The van der Waals surface area contributed by atoms with Gasteiger partial charge in [0.1, 0.15) is 0 Å². The van der Waals surface area contributed by atoms with Gasteiger partial charge >= 0.3 is 0 Å². The molecule has 6 nitrogen and oxygen atoms in total. The molecule has 1 aliphatic heterocycles. The summed E-state index contributed by atoms with van der Waals surface area (Å²) in [5, 5.41) is 0.884. The molecule has 4 rings (SSSR count). The van der Waals surface area contributed by atoms with Gasteiger partial charge in [-0.2, -0.15) is 0 Å². The SMILES string of the molecule is CN(c1ccc2sc(C(=O)N3CCN(c4ccccc4)CC3)cc2c1)S(C)(=O)=O. The van der Waals surface area contributed by atoms with Crippen molar-refractivity contribution in [3.05, 3.63) is 59.5 Å². The van der Waals surface area contributed by atoms with Crippen LogP contribution in [0.1, 0.15) is 9.67 Å². The quantitative estimate of drug-likeness (QED) is 0.639. The fraction of sp³-hybridized carbons (Fsp3) is 0.286. The van der Waals surface area contributed by atoms with Crippen molar-refractivity contribution in [3.8, 4) is 0 Å². The third kappa shape index (κ3) is 4.09. The van der Waals surface area contributed by atoms with E-state index in [4.69, 9.17) is 0 Å². The first-order valence-corrected chi connectivity index (χ1v) is 12.1. The number of hydrogen-bond donors (Lipinski definition) is 0. The fourth-order valence-electron chi connectivity index (χ4n) is 3.49. The normalized spacial score (nSPS) is 15.0. The number of sulfonamides is 1. The Hall–Kier alpha value is -2.58. The molecule has 2 heterocycles. The Balaban J connectivity index is 1.49. The van der Waals surface area contributed by atoms with E-state index in [2.05, 4.69) is 17.0 Å².